The Morgan fingerprint density at radius 1 is 1.31 bits per heavy atom. The highest BCUT2D eigenvalue weighted by Gasteiger charge is 2.41. The molecule has 1 aliphatic carbocycles. The molecular weight excluding hydrogens is 331 g/mol. The maximum atomic E-state index is 14.0. The van der Waals surface area contributed by atoms with Gasteiger partial charge in [-0.15, -0.1) is 0 Å². The van der Waals surface area contributed by atoms with Crippen LogP contribution in [0.3, 0.4) is 0 Å². The number of hydrogen-bond acceptors (Lipinski definition) is 2. The number of carbonyl (C=O) groups is 1. The Bertz CT molecular complexity index is 655. The number of hydrogen-bond donors (Lipinski definition) is 2. The molecule has 0 radical (unpaired) electrons. The summed E-state index contributed by atoms with van der Waals surface area (Å²) in [5.74, 6) is 1.60. The summed E-state index contributed by atoms with van der Waals surface area (Å²) in [7, 11) is 1.69. The molecule has 6 heteroatoms. The smallest absolute Gasteiger partial charge is 0.220 e. The van der Waals surface area contributed by atoms with E-state index in [1.54, 1.807) is 13.1 Å². The fourth-order valence-corrected chi connectivity index (χ4v) is 3.74. The Kier molecular flexibility index (Phi) is 6.12. The van der Waals surface area contributed by atoms with Gasteiger partial charge in [0.25, 0.3) is 0 Å². The zero-order chi connectivity index (χ0) is 18.5. The summed E-state index contributed by atoms with van der Waals surface area (Å²) in [5.41, 5.74) is 0.796. The summed E-state index contributed by atoms with van der Waals surface area (Å²) in [5, 5.41) is 6.24. The fraction of sp³-hybridized carbons (Fsp3) is 0.600. The number of benzene rings is 1. The molecule has 142 valence electrons. The summed E-state index contributed by atoms with van der Waals surface area (Å²) in [4.78, 5) is 18.5. The topological polar surface area (TPSA) is 56.7 Å². The van der Waals surface area contributed by atoms with E-state index in [0.29, 0.717) is 12.3 Å². The van der Waals surface area contributed by atoms with Crippen LogP contribution in [0.25, 0.3) is 0 Å². The van der Waals surface area contributed by atoms with Crippen molar-refractivity contribution in [3.63, 3.8) is 0 Å². The molecule has 2 fully saturated rings. The number of piperidine rings is 1. The minimum absolute atomic E-state index is 0.120. The molecule has 2 aliphatic rings. The highest BCUT2D eigenvalue weighted by Crippen LogP contribution is 2.42. The molecule has 1 amide bonds. The molecule has 5 nitrogen and oxygen atoms in total. The van der Waals surface area contributed by atoms with Gasteiger partial charge in [0.2, 0.25) is 5.91 Å². The van der Waals surface area contributed by atoms with Gasteiger partial charge in [-0.25, -0.2) is 4.39 Å². The third-order valence-electron chi connectivity index (χ3n) is 5.38. The third kappa shape index (κ3) is 4.54. The first-order chi connectivity index (χ1) is 12.6. The molecule has 0 bridgehead atoms. The largest absolute Gasteiger partial charge is 0.359 e. The maximum Gasteiger partial charge on any atom is 0.220 e. The van der Waals surface area contributed by atoms with Crippen LogP contribution >= 0.6 is 0 Å². The summed E-state index contributed by atoms with van der Waals surface area (Å²) in [6, 6.07) is 7.29. The lowest BCUT2D eigenvalue weighted by Gasteiger charge is -2.34. The Hall–Kier alpha value is -2.11. The van der Waals surface area contributed by atoms with E-state index in [1.165, 1.54) is 6.07 Å². The van der Waals surface area contributed by atoms with Gasteiger partial charge in [0.15, 0.2) is 5.96 Å². The molecule has 1 aliphatic heterocycles. The van der Waals surface area contributed by atoms with Crippen LogP contribution in [0.2, 0.25) is 0 Å². The van der Waals surface area contributed by atoms with Crippen LogP contribution in [-0.4, -0.2) is 49.5 Å². The molecule has 2 atom stereocenters. The number of rotatable bonds is 5. The first kappa shape index (κ1) is 18.7. The zero-order valence-corrected chi connectivity index (χ0v) is 15.7. The molecule has 2 unspecified atom stereocenters. The van der Waals surface area contributed by atoms with Crippen molar-refractivity contribution in [1.82, 2.24) is 15.5 Å². The third-order valence-corrected chi connectivity index (χ3v) is 5.38. The van der Waals surface area contributed by atoms with Crippen molar-refractivity contribution in [2.24, 2.45) is 10.9 Å². The highest BCUT2D eigenvalue weighted by molar-refractivity contribution is 5.81. The number of nitrogens with one attached hydrogen (secondary N) is 2. The van der Waals surface area contributed by atoms with Gasteiger partial charge in [0.05, 0.1) is 0 Å². The molecule has 0 aromatic heterocycles. The summed E-state index contributed by atoms with van der Waals surface area (Å²) in [6.07, 6.45) is 3.55. The highest BCUT2D eigenvalue weighted by atomic mass is 19.1. The van der Waals surface area contributed by atoms with E-state index in [-0.39, 0.29) is 23.7 Å². The maximum absolute atomic E-state index is 14.0. The van der Waals surface area contributed by atoms with Crippen molar-refractivity contribution < 1.29 is 9.18 Å². The first-order valence-corrected chi connectivity index (χ1v) is 9.63. The number of aliphatic imine (C=N–C) groups is 1. The van der Waals surface area contributed by atoms with Crippen molar-refractivity contribution in [3.05, 3.63) is 35.6 Å². The summed E-state index contributed by atoms with van der Waals surface area (Å²) in [6.45, 7) is 4.56. The van der Waals surface area contributed by atoms with E-state index in [0.717, 1.165) is 50.4 Å². The monoisotopic (exact) mass is 360 g/mol. The molecule has 26 heavy (non-hydrogen) atoms. The van der Waals surface area contributed by atoms with Crippen LogP contribution in [-0.2, 0) is 4.79 Å². The van der Waals surface area contributed by atoms with E-state index in [1.807, 2.05) is 19.1 Å². The molecule has 0 spiro atoms. The van der Waals surface area contributed by atoms with Gasteiger partial charge in [0.1, 0.15) is 5.82 Å². The number of nitrogens with zero attached hydrogens (tertiary/aromatic N) is 2. The first-order valence-electron chi connectivity index (χ1n) is 9.63. The van der Waals surface area contributed by atoms with E-state index in [2.05, 4.69) is 20.5 Å². The van der Waals surface area contributed by atoms with Crippen molar-refractivity contribution in [1.29, 1.82) is 0 Å². The average Bonchev–Trinajstić information content (AvgIpc) is 3.41. The van der Waals surface area contributed by atoms with Crippen molar-refractivity contribution >= 4 is 11.9 Å². The van der Waals surface area contributed by atoms with Crippen LogP contribution in [0.5, 0.6) is 0 Å². The zero-order valence-electron chi connectivity index (χ0n) is 15.7. The fourth-order valence-electron chi connectivity index (χ4n) is 3.74. The standard InChI is InChI=1S/C20H29FN4O/c1-3-23-20(25-10-8-14(9-11-25)12-19(26)22-2)24-18-13-16(18)15-6-4-5-7-17(15)21/h4-7,14,16,18H,3,8-13H2,1-2H3,(H,22,26)(H,23,24). The minimum Gasteiger partial charge on any atom is -0.359 e. The summed E-state index contributed by atoms with van der Waals surface area (Å²) >= 11 is 0. The Balaban J connectivity index is 1.54. The van der Waals surface area contributed by atoms with Crippen LogP contribution in [0.4, 0.5) is 4.39 Å². The quantitative estimate of drug-likeness (QED) is 0.627. The number of likely N-dealkylation sites (tertiary alicyclic amines) is 1. The van der Waals surface area contributed by atoms with Gasteiger partial charge in [-0.05, 0) is 43.7 Å². The lowest BCUT2D eigenvalue weighted by Crippen LogP contribution is -2.47. The van der Waals surface area contributed by atoms with Gasteiger partial charge in [-0.1, -0.05) is 18.2 Å². The Labute approximate surface area is 155 Å². The second-order valence-electron chi connectivity index (χ2n) is 7.22. The van der Waals surface area contributed by atoms with Gasteiger partial charge in [-0.2, -0.15) is 0 Å². The normalized spacial score (nSPS) is 23.7. The van der Waals surface area contributed by atoms with Gasteiger partial charge >= 0.3 is 0 Å². The Morgan fingerprint density at radius 2 is 2.04 bits per heavy atom. The van der Waals surface area contributed by atoms with E-state index in [9.17, 15) is 9.18 Å². The van der Waals surface area contributed by atoms with Crippen LogP contribution in [0, 0.1) is 11.7 Å². The molecule has 1 heterocycles. The number of halogens is 1. The second-order valence-corrected chi connectivity index (χ2v) is 7.22. The molecule has 1 saturated heterocycles. The van der Waals surface area contributed by atoms with Crippen molar-refractivity contribution in [3.8, 4) is 0 Å². The number of amides is 1. The van der Waals surface area contributed by atoms with Crippen LogP contribution < -0.4 is 10.6 Å². The van der Waals surface area contributed by atoms with Gasteiger partial charge in [-0.3, -0.25) is 9.79 Å². The molecule has 1 aromatic rings. The molecule has 1 aromatic carbocycles. The predicted molar refractivity (Wildman–Crippen MR) is 102 cm³/mol. The average molecular weight is 360 g/mol. The Morgan fingerprint density at radius 3 is 2.69 bits per heavy atom. The van der Waals surface area contributed by atoms with Gasteiger partial charge in [0, 0.05) is 45.1 Å². The second kappa shape index (κ2) is 8.52. The van der Waals surface area contributed by atoms with Crippen LogP contribution in [0.15, 0.2) is 29.3 Å². The predicted octanol–water partition coefficient (Wildman–Crippen LogP) is 2.50. The molecular formula is C20H29FN4O. The van der Waals surface area contributed by atoms with Crippen LogP contribution in [0.1, 0.15) is 44.1 Å². The summed E-state index contributed by atoms with van der Waals surface area (Å²) < 4.78 is 14.0. The van der Waals surface area contributed by atoms with Crippen molar-refractivity contribution in [2.45, 2.75) is 44.6 Å². The minimum atomic E-state index is -0.120. The van der Waals surface area contributed by atoms with E-state index >= 15 is 0 Å². The SMILES string of the molecule is CCN=C(NC1CC1c1ccccc1F)N1CCC(CC(=O)NC)CC1. The lowest BCUT2D eigenvalue weighted by molar-refractivity contribution is -0.121. The van der Waals surface area contributed by atoms with Gasteiger partial charge < -0.3 is 15.5 Å². The number of carbonyl (C=O) groups excluding carboxylic acids is 1. The number of guanidine groups is 1. The molecule has 3 rings (SSSR count). The van der Waals surface area contributed by atoms with E-state index in [4.69, 9.17) is 0 Å². The van der Waals surface area contributed by atoms with Crippen molar-refractivity contribution in [2.75, 3.05) is 26.7 Å². The molecule has 1 saturated carbocycles. The lowest BCUT2D eigenvalue weighted by atomic mass is 9.93. The molecule has 2 N–H and O–H groups in total. The van der Waals surface area contributed by atoms with E-state index < -0.39 is 0 Å².